The van der Waals surface area contributed by atoms with Crippen LogP contribution in [0.4, 0.5) is 8.78 Å². The summed E-state index contributed by atoms with van der Waals surface area (Å²) in [4.78, 5) is 25.3. The van der Waals surface area contributed by atoms with Gasteiger partial charge in [-0.25, -0.2) is 8.78 Å². The Balaban J connectivity index is 1.72. The van der Waals surface area contributed by atoms with Crippen molar-refractivity contribution in [2.75, 3.05) is 7.11 Å². The molecule has 1 N–H and O–H groups in total. The van der Waals surface area contributed by atoms with E-state index in [1.165, 1.54) is 37.4 Å². The first kappa shape index (κ1) is 18.0. The predicted octanol–water partition coefficient (Wildman–Crippen LogP) is 3.38. The number of Topliss-reactive ketones (excluding diaryl/α,β-unsaturated/α-hetero) is 2. The molecule has 6 heteroatoms. The van der Waals surface area contributed by atoms with E-state index >= 15 is 0 Å². The van der Waals surface area contributed by atoms with Gasteiger partial charge in [-0.3, -0.25) is 9.59 Å². The van der Waals surface area contributed by atoms with Gasteiger partial charge in [0.1, 0.15) is 0 Å². The third-order valence-electron chi connectivity index (χ3n) is 4.77. The highest BCUT2D eigenvalue weighted by atomic mass is 19.1. The maximum atomic E-state index is 13.5. The maximum absolute atomic E-state index is 13.5. The normalized spacial score (nSPS) is 14.7. The van der Waals surface area contributed by atoms with Crippen LogP contribution in [-0.4, -0.2) is 23.8 Å². The zero-order valence-electron chi connectivity index (χ0n) is 14.2. The van der Waals surface area contributed by atoms with E-state index in [0.29, 0.717) is 24.0 Å². The lowest BCUT2D eigenvalue weighted by atomic mass is 9.88. The van der Waals surface area contributed by atoms with E-state index in [1.54, 1.807) is 0 Å². The number of benzene rings is 2. The molecule has 0 amide bonds. The molecule has 1 saturated carbocycles. The van der Waals surface area contributed by atoms with Crippen LogP contribution in [0.1, 0.15) is 24.0 Å². The van der Waals surface area contributed by atoms with Crippen molar-refractivity contribution in [3.63, 3.8) is 0 Å². The van der Waals surface area contributed by atoms with E-state index in [9.17, 15) is 23.5 Å². The summed E-state index contributed by atoms with van der Waals surface area (Å²) in [6, 6.07) is 7.90. The summed E-state index contributed by atoms with van der Waals surface area (Å²) in [6.45, 7) is 0. The van der Waals surface area contributed by atoms with E-state index in [4.69, 9.17) is 4.74 Å². The van der Waals surface area contributed by atoms with Crippen molar-refractivity contribution in [1.82, 2.24) is 0 Å². The zero-order valence-corrected chi connectivity index (χ0v) is 14.2. The fourth-order valence-electron chi connectivity index (χ4n) is 3.02. The van der Waals surface area contributed by atoms with Gasteiger partial charge in [-0.1, -0.05) is 12.1 Å². The fraction of sp³-hybridized carbons (Fsp3) is 0.300. The number of phenols is 1. The van der Waals surface area contributed by atoms with Crippen LogP contribution in [0.25, 0.3) is 0 Å². The summed E-state index contributed by atoms with van der Waals surface area (Å²) in [5, 5.41) is 9.21. The Kier molecular flexibility index (Phi) is 4.76. The molecule has 26 heavy (non-hydrogen) atoms. The van der Waals surface area contributed by atoms with Gasteiger partial charge in [0, 0.05) is 12.8 Å². The third kappa shape index (κ3) is 3.45. The molecule has 0 spiro atoms. The van der Waals surface area contributed by atoms with Gasteiger partial charge in [-0.15, -0.1) is 0 Å². The lowest BCUT2D eigenvalue weighted by Gasteiger charge is -2.14. The van der Waals surface area contributed by atoms with Crippen molar-refractivity contribution >= 4 is 11.6 Å². The van der Waals surface area contributed by atoms with Crippen LogP contribution in [0.5, 0.6) is 11.5 Å². The van der Waals surface area contributed by atoms with Gasteiger partial charge < -0.3 is 9.84 Å². The van der Waals surface area contributed by atoms with Gasteiger partial charge in [-0.05, 0) is 48.2 Å². The van der Waals surface area contributed by atoms with Gasteiger partial charge in [0.25, 0.3) is 0 Å². The van der Waals surface area contributed by atoms with Crippen molar-refractivity contribution < 1.29 is 28.2 Å². The highest BCUT2D eigenvalue weighted by molar-refractivity contribution is 6.10. The van der Waals surface area contributed by atoms with Crippen LogP contribution < -0.4 is 4.74 Å². The minimum Gasteiger partial charge on any atom is -0.505 e. The average Bonchev–Trinajstić information content (AvgIpc) is 3.42. The molecule has 0 aromatic heterocycles. The number of methoxy groups -OCH3 is 1. The number of carbonyl (C=O) groups is 2. The van der Waals surface area contributed by atoms with E-state index in [1.807, 2.05) is 0 Å². The Hall–Kier alpha value is -2.76. The first-order chi connectivity index (χ1) is 12.4. The van der Waals surface area contributed by atoms with Crippen molar-refractivity contribution in [3.05, 3.63) is 59.2 Å². The number of rotatable bonds is 7. The molecule has 0 unspecified atom stereocenters. The molecule has 0 saturated heterocycles. The number of phenolic OH excluding ortho intramolecular Hbond substituents is 1. The molecule has 0 heterocycles. The molecule has 2 aromatic rings. The molecule has 1 aliphatic carbocycles. The SMILES string of the molecule is COc1cc(CC(=O)C2(C(=O)Cc3ccc(O)c(F)c3)CC2)ccc1F. The third-order valence-corrected chi connectivity index (χ3v) is 4.77. The molecular formula is C20H18F2O4. The molecule has 1 fully saturated rings. The molecular weight excluding hydrogens is 342 g/mol. The van der Waals surface area contributed by atoms with Gasteiger partial charge in [0.2, 0.25) is 0 Å². The molecule has 1 aliphatic rings. The molecule has 2 aromatic carbocycles. The van der Waals surface area contributed by atoms with Crippen LogP contribution in [0.2, 0.25) is 0 Å². The molecule has 4 nitrogen and oxygen atoms in total. The molecule has 3 rings (SSSR count). The second-order valence-corrected chi connectivity index (χ2v) is 6.54. The van der Waals surface area contributed by atoms with E-state index in [0.717, 1.165) is 6.07 Å². The van der Waals surface area contributed by atoms with Crippen molar-refractivity contribution in [2.24, 2.45) is 5.41 Å². The van der Waals surface area contributed by atoms with Crippen LogP contribution in [0.3, 0.4) is 0 Å². The fourth-order valence-corrected chi connectivity index (χ4v) is 3.02. The Morgan fingerprint density at radius 2 is 1.58 bits per heavy atom. The first-order valence-electron chi connectivity index (χ1n) is 8.22. The number of aromatic hydroxyl groups is 1. The van der Waals surface area contributed by atoms with Gasteiger partial charge >= 0.3 is 0 Å². The molecule has 136 valence electrons. The van der Waals surface area contributed by atoms with Gasteiger partial charge in [0.05, 0.1) is 12.5 Å². The Labute approximate surface area is 149 Å². The average molecular weight is 360 g/mol. The van der Waals surface area contributed by atoms with Crippen molar-refractivity contribution in [3.8, 4) is 11.5 Å². The Morgan fingerprint density at radius 1 is 1.00 bits per heavy atom. The Bertz CT molecular complexity index is 872. The smallest absolute Gasteiger partial charge is 0.165 e. The van der Waals surface area contributed by atoms with E-state index in [-0.39, 0.29) is 30.2 Å². The topological polar surface area (TPSA) is 63.6 Å². The summed E-state index contributed by atoms with van der Waals surface area (Å²) in [6.07, 6.45) is 0.856. The van der Waals surface area contributed by atoms with Gasteiger partial charge in [0.15, 0.2) is 34.7 Å². The molecule has 0 aliphatic heterocycles. The lowest BCUT2D eigenvalue weighted by Crippen LogP contribution is -2.29. The van der Waals surface area contributed by atoms with Crippen LogP contribution in [-0.2, 0) is 22.4 Å². The summed E-state index contributed by atoms with van der Waals surface area (Å²) in [7, 11) is 1.34. The number of ether oxygens (including phenoxy) is 1. The van der Waals surface area contributed by atoms with E-state index in [2.05, 4.69) is 0 Å². The number of hydrogen-bond acceptors (Lipinski definition) is 4. The second kappa shape index (κ2) is 6.86. The van der Waals surface area contributed by atoms with Crippen molar-refractivity contribution in [2.45, 2.75) is 25.7 Å². The number of carbonyl (C=O) groups excluding carboxylic acids is 2. The number of ketones is 2. The molecule has 0 radical (unpaired) electrons. The zero-order chi connectivity index (χ0) is 18.9. The van der Waals surface area contributed by atoms with Crippen LogP contribution in [0, 0.1) is 17.0 Å². The van der Waals surface area contributed by atoms with E-state index < -0.39 is 22.8 Å². The predicted molar refractivity (Wildman–Crippen MR) is 90.1 cm³/mol. The highest BCUT2D eigenvalue weighted by Crippen LogP contribution is 2.49. The first-order valence-corrected chi connectivity index (χ1v) is 8.22. The number of hydrogen-bond donors (Lipinski definition) is 1. The minimum atomic E-state index is -1.05. The summed E-state index contributed by atoms with van der Waals surface area (Å²) < 4.78 is 31.8. The highest BCUT2D eigenvalue weighted by Gasteiger charge is 2.54. The van der Waals surface area contributed by atoms with Crippen LogP contribution in [0.15, 0.2) is 36.4 Å². The maximum Gasteiger partial charge on any atom is 0.165 e. The standard InChI is InChI=1S/C20H18F2O4/c1-26-17-9-13(2-4-14(17)21)11-19(25)20(6-7-20)18(24)10-12-3-5-16(23)15(22)8-12/h2-5,8-9,23H,6-7,10-11H2,1H3. The second-order valence-electron chi connectivity index (χ2n) is 6.54. The molecule has 0 atom stereocenters. The minimum absolute atomic E-state index is 0.00627. The van der Waals surface area contributed by atoms with Gasteiger partial charge in [-0.2, -0.15) is 0 Å². The summed E-state index contributed by atoms with van der Waals surface area (Å²) in [5.74, 6) is -2.24. The number of halogens is 2. The Morgan fingerprint density at radius 3 is 2.12 bits per heavy atom. The quantitative estimate of drug-likeness (QED) is 0.769. The summed E-state index contributed by atoms with van der Waals surface area (Å²) in [5.41, 5.74) is -0.0634. The van der Waals surface area contributed by atoms with Crippen LogP contribution >= 0.6 is 0 Å². The van der Waals surface area contributed by atoms with Crippen molar-refractivity contribution in [1.29, 1.82) is 0 Å². The largest absolute Gasteiger partial charge is 0.505 e. The lowest BCUT2D eigenvalue weighted by molar-refractivity contribution is -0.133. The monoisotopic (exact) mass is 360 g/mol. The summed E-state index contributed by atoms with van der Waals surface area (Å²) >= 11 is 0. The molecule has 0 bridgehead atoms.